The summed E-state index contributed by atoms with van der Waals surface area (Å²) in [6.07, 6.45) is 1.74. The second-order valence-corrected chi connectivity index (χ2v) is 7.20. The van der Waals surface area contributed by atoms with E-state index in [2.05, 4.69) is 50.5 Å². The van der Waals surface area contributed by atoms with Gasteiger partial charge in [0.2, 0.25) is 0 Å². The third kappa shape index (κ3) is 6.39. The Morgan fingerprint density at radius 1 is 1.23 bits per heavy atom. The number of aliphatic imine (C=N–C) groups is 1. The van der Waals surface area contributed by atoms with Crippen LogP contribution in [-0.2, 0) is 11.3 Å². The molecule has 6 heteroatoms. The van der Waals surface area contributed by atoms with Gasteiger partial charge in [0.25, 0.3) is 0 Å². The van der Waals surface area contributed by atoms with Crippen molar-refractivity contribution in [2.24, 2.45) is 10.4 Å². The molecule has 0 amide bonds. The zero-order chi connectivity index (χ0) is 18.3. The number of ether oxygens (including phenoxy) is 1. The second-order valence-electron chi connectivity index (χ2n) is 7.20. The van der Waals surface area contributed by atoms with Crippen LogP contribution < -0.4 is 10.6 Å². The molecule has 1 saturated heterocycles. The first-order valence-corrected chi connectivity index (χ1v) is 9.27. The highest BCUT2D eigenvalue weighted by molar-refractivity contribution is 14.0. The lowest BCUT2D eigenvalue weighted by atomic mass is 9.84. The van der Waals surface area contributed by atoms with E-state index in [9.17, 15) is 5.11 Å². The Bertz CT molecular complexity index is 576. The van der Waals surface area contributed by atoms with Gasteiger partial charge in [-0.1, -0.05) is 17.7 Å². The van der Waals surface area contributed by atoms with Crippen LogP contribution >= 0.6 is 24.0 Å². The van der Waals surface area contributed by atoms with Crippen molar-refractivity contribution in [2.45, 2.75) is 47.1 Å². The van der Waals surface area contributed by atoms with Crippen LogP contribution in [0.1, 0.15) is 42.0 Å². The van der Waals surface area contributed by atoms with Crippen LogP contribution in [0.3, 0.4) is 0 Å². The maximum Gasteiger partial charge on any atom is 0.191 e. The summed E-state index contributed by atoms with van der Waals surface area (Å²) in [6.45, 7) is 12.4. The number of halogens is 1. The van der Waals surface area contributed by atoms with Gasteiger partial charge in [-0.3, -0.25) is 0 Å². The number of benzene rings is 1. The monoisotopic (exact) mass is 475 g/mol. The van der Waals surface area contributed by atoms with Crippen molar-refractivity contribution < 1.29 is 9.84 Å². The smallest absolute Gasteiger partial charge is 0.191 e. The first kappa shape index (κ1) is 23.2. The molecule has 0 bridgehead atoms. The topological polar surface area (TPSA) is 65.9 Å². The van der Waals surface area contributed by atoms with Crippen molar-refractivity contribution in [1.29, 1.82) is 0 Å². The fourth-order valence-corrected chi connectivity index (χ4v) is 3.54. The Kier molecular flexibility index (Phi) is 9.89. The van der Waals surface area contributed by atoms with Gasteiger partial charge in [-0.2, -0.15) is 0 Å². The number of rotatable bonds is 7. The lowest BCUT2D eigenvalue weighted by Crippen LogP contribution is -2.44. The van der Waals surface area contributed by atoms with Crippen LogP contribution in [0.5, 0.6) is 0 Å². The van der Waals surface area contributed by atoms with Crippen molar-refractivity contribution in [1.82, 2.24) is 10.6 Å². The number of aryl methyl sites for hydroxylation is 3. The Morgan fingerprint density at radius 2 is 1.92 bits per heavy atom. The summed E-state index contributed by atoms with van der Waals surface area (Å²) < 4.78 is 5.57. The largest absolute Gasteiger partial charge is 0.396 e. The van der Waals surface area contributed by atoms with Gasteiger partial charge in [0.15, 0.2) is 5.96 Å². The molecule has 0 spiro atoms. The van der Waals surface area contributed by atoms with Crippen LogP contribution in [-0.4, -0.2) is 44.0 Å². The third-order valence-corrected chi connectivity index (χ3v) is 5.04. The quantitative estimate of drug-likeness (QED) is 0.322. The van der Waals surface area contributed by atoms with E-state index < -0.39 is 0 Å². The zero-order valence-corrected chi connectivity index (χ0v) is 18.9. The molecule has 26 heavy (non-hydrogen) atoms. The molecule has 1 unspecified atom stereocenters. The van der Waals surface area contributed by atoms with E-state index in [0.717, 1.165) is 38.5 Å². The minimum Gasteiger partial charge on any atom is -0.396 e. The molecule has 3 N–H and O–H groups in total. The number of guanidine groups is 1. The van der Waals surface area contributed by atoms with E-state index in [4.69, 9.17) is 9.73 Å². The van der Waals surface area contributed by atoms with Gasteiger partial charge in [-0.05, 0) is 57.2 Å². The molecule has 0 aliphatic carbocycles. The number of aliphatic hydroxyl groups excluding tert-OH is 1. The minimum atomic E-state index is 0. The molecule has 1 atom stereocenters. The van der Waals surface area contributed by atoms with E-state index in [1.807, 2.05) is 0 Å². The normalized spacial score (nSPS) is 20.0. The molecule has 1 aliphatic rings. The summed E-state index contributed by atoms with van der Waals surface area (Å²) in [4.78, 5) is 4.78. The lowest BCUT2D eigenvalue weighted by Gasteiger charge is -2.27. The highest BCUT2D eigenvalue weighted by Crippen LogP contribution is 2.31. The number of aliphatic hydroxyl groups is 1. The Balaban J connectivity index is 0.00000338. The van der Waals surface area contributed by atoms with Crippen LogP contribution in [0.4, 0.5) is 0 Å². The van der Waals surface area contributed by atoms with E-state index in [-0.39, 0.29) is 36.0 Å². The molecule has 2 rings (SSSR count). The summed E-state index contributed by atoms with van der Waals surface area (Å²) in [5, 5.41) is 16.1. The van der Waals surface area contributed by atoms with Crippen molar-refractivity contribution in [3.8, 4) is 0 Å². The average molecular weight is 475 g/mol. The van der Waals surface area contributed by atoms with Crippen molar-refractivity contribution >= 4 is 29.9 Å². The van der Waals surface area contributed by atoms with E-state index in [1.54, 1.807) is 0 Å². The SMILES string of the molecule is CCNC(=NCc1c(C)cc(C)cc1C)NCC1(CCO)CCOC1.I. The van der Waals surface area contributed by atoms with Gasteiger partial charge in [-0.15, -0.1) is 24.0 Å². The number of nitrogens with zero attached hydrogens (tertiary/aromatic N) is 1. The summed E-state index contributed by atoms with van der Waals surface area (Å²) in [7, 11) is 0. The van der Waals surface area contributed by atoms with Gasteiger partial charge in [0.1, 0.15) is 0 Å². The summed E-state index contributed by atoms with van der Waals surface area (Å²) >= 11 is 0. The maximum absolute atomic E-state index is 9.37. The van der Waals surface area contributed by atoms with E-state index in [0.29, 0.717) is 13.2 Å². The van der Waals surface area contributed by atoms with Crippen LogP contribution in [0, 0.1) is 26.2 Å². The molecule has 5 nitrogen and oxygen atoms in total. The molecule has 0 aromatic heterocycles. The van der Waals surface area contributed by atoms with Gasteiger partial charge in [0, 0.05) is 31.7 Å². The molecule has 148 valence electrons. The summed E-state index contributed by atoms with van der Waals surface area (Å²) in [5.74, 6) is 0.825. The van der Waals surface area contributed by atoms with Gasteiger partial charge < -0.3 is 20.5 Å². The summed E-state index contributed by atoms with van der Waals surface area (Å²) in [5.41, 5.74) is 5.17. The van der Waals surface area contributed by atoms with Gasteiger partial charge in [-0.25, -0.2) is 4.99 Å². The average Bonchev–Trinajstić information content (AvgIpc) is 3.00. The van der Waals surface area contributed by atoms with Crippen LogP contribution in [0.15, 0.2) is 17.1 Å². The molecule has 1 fully saturated rings. The summed E-state index contributed by atoms with van der Waals surface area (Å²) in [6, 6.07) is 4.43. The van der Waals surface area contributed by atoms with Gasteiger partial charge >= 0.3 is 0 Å². The molecule has 1 aliphatic heterocycles. The molecule has 1 heterocycles. The first-order chi connectivity index (χ1) is 12.0. The zero-order valence-electron chi connectivity index (χ0n) is 16.5. The Hall–Kier alpha value is -0.860. The number of hydrogen-bond acceptors (Lipinski definition) is 3. The van der Waals surface area contributed by atoms with Crippen molar-refractivity contribution in [3.05, 3.63) is 34.4 Å². The molecular weight excluding hydrogens is 441 g/mol. The standard InChI is InChI=1S/C20H33N3O2.HI/c1-5-21-19(23-13-20(6-8-24)7-9-25-14-20)22-12-18-16(3)10-15(2)11-17(18)4;/h10-11,24H,5-9,12-14H2,1-4H3,(H2,21,22,23);1H. The third-order valence-electron chi connectivity index (χ3n) is 5.04. The van der Waals surface area contributed by atoms with Crippen molar-refractivity contribution in [2.75, 3.05) is 32.9 Å². The molecular formula is C20H34IN3O2. The Morgan fingerprint density at radius 3 is 2.46 bits per heavy atom. The van der Waals surface area contributed by atoms with Crippen molar-refractivity contribution in [3.63, 3.8) is 0 Å². The number of nitrogens with one attached hydrogen (secondary N) is 2. The van der Waals surface area contributed by atoms with Crippen LogP contribution in [0.2, 0.25) is 0 Å². The Labute approximate surface area is 175 Å². The predicted octanol–water partition coefficient (Wildman–Crippen LogP) is 3.07. The highest BCUT2D eigenvalue weighted by atomic mass is 127. The highest BCUT2D eigenvalue weighted by Gasteiger charge is 2.34. The minimum absolute atomic E-state index is 0. The number of hydrogen-bond donors (Lipinski definition) is 3. The molecule has 0 saturated carbocycles. The maximum atomic E-state index is 9.37. The first-order valence-electron chi connectivity index (χ1n) is 9.27. The predicted molar refractivity (Wildman–Crippen MR) is 118 cm³/mol. The van der Waals surface area contributed by atoms with Crippen LogP contribution in [0.25, 0.3) is 0 Å². The molecule has 0 radical (unpaired) electrons. The second kappa shape index (κ2) is 11.1. The lowest BCUT2D eigenvalue weighted by molar-refractivity contribution is 0.127. The fourth-order valence-electron chi connectivity index (χ4n) is 3.54. The molecule has 1 aromatic rings. The molecule has 1 aromatic carbocycles. The van der Waals surface area contributed by atoms with Gasteiger partial charge in [0.05, 0.1) is 13.2 Å². The fraction of sp³-hybridized carbons (Fsp3) is 0.650. The van der Waals surface area contributed by atoms with E-state index in [1.165, 1.54) is 22.3 Å². The van der Waals surface area contributed by atoms with E-state index >= 15 is 0 Å².